The molecule has 1 aromatic carbocycles. The topological polar surface area (TPSA) is 55.1 Å². The molecule has 0 unspecified atom stereocenters. The van der Waals surface area contributed by atoms with Gasteiger partial charge in [-0.2, -0.15) is 0 Å². The minimum absolute atomic E-state index is 0.270. The maximum atomic E-state index is 12.1. The van der Waals surface area contributed by atoms with E-state index < -0.39 is 0 Å². The first-order valence-corrected chi connectivity index (χ1v) is 8.52. The molecule has 1 aliphatic carbocycles. The van der Waals surface area contributed by atoms with E-state index in [0.29, 0.717) is 16.7 Å². The second-order valence-corrected chi connectivity index (χ2v) is 6.60. The summed E-state index contributed by atoms with van der Waals surface area (Å²) < 4.78 is 5.32. The van der Waals surface area contributed by atoms with Crippen LogP contribution >= 0.6 is 11.3 Å². The molecule has 0 atom stereocenters. The first-order valence-electron chi connectivity index (χ1n) is 7.64. The predicted molar refractivity (Wildman–Crippen MR) is 91.0 cm³/mol. The first kappa shape index (κ1) is 14.2. The number of amides is 1. The van der Waals surface area contributed by atoms with Gasteiger partial charge in [0, 0.05) is 10.9 Å². The zero-order valence-corrected chi connectivity index (χ0v) is 13.6. The van der Waals surface area contributed by atoms with Gasteiger partial charge in [0.25, 0.3) is 5.91 Å². The number of anilines is 1. The van der Waals surface area contributed by atoms with Crippen molar-refractivity contribution in [1.29, 1.82) is 0 Å². The lowest BCUT2D eigenvalue weighted by molar-refractivity contribution is 0.0995. The molecule has 1 N–H and O–H groups in total. The van der Waals surface area contributed by atoms with Crippen LogP contribution in [0.4, 0.5) is 5.13 Å². The third-order valence-corrected chi connectivity index (χ3v) is 4.84. The third-order valence-electron chi connectivity index (χ3n) is 4.08. The molecule has 0 saturated carbocycles. The van der Waals surface area contributed by atoms with Gasteiger partial charge in [0.2, 0.25) is 0 Å². The van der Waals surface area contributed by atoms with Crippen LogP contribution in [-0.4, -0.2) is 10.9 Å². The van der Waals surface area contributed by atoms with Gasteiger partial charge in [0.15, 0.2) is 10.9 Å². The van der Waals surface area contributed by atoms with Crippen LogP contribution in [0.2, 0.25) is 0 Å². The quantitative estimate of drug-likeness (QED) is 0.774. The van der Waals surface area contributed by atoms with Crippen LogP contribution in [0.25, 0.3) is 11.3 Å². The van der Waals surface area contributed by atoms with Gasteiger partial charge in [-0.15, -0.1) is 11.3 Å². The van der Waals surface area contributed by atoms with Crippen molar-refractivity contribution in [3.63, 3.8) is 0 Å². The summed E-state index contributed by atoms with van der Waals surface area (Å²) in [5.74, 6) is 0.748. The average molecular weight is 324 g/mol. The summed E-state index contributed by atoms with van der Waals surface area (Å²) in [6, 6.07) is 9.97. The molecule has 1 amide bonds. The van der Waals surface area contributed by atoms with Gasteiger partial charge < -0.3 is 4.42 Å². The average Bonchev–Trinajstić information content (AvgIpc) is 3.26. The summed E-state index contributed by atoms with van der Waals surface area (Å²) in [4.78, 5) is 16.6. The minimum atomic E-state index is -0.270. The lowest BCUT2D eigenvalue weighted by Gasteiger charge is -2.02. The molecule has 2 heterocycles. The monoisotopic (exact) mass is 324 g/mol. The molecule has 2 aromatic heterocycles. The standard InChI is InChI=1S/C18H16N2O2S/c1-11-5-8-16(22-11)17(21)20-18-19-15(10-23-18)14-7-6-12-3-2-4-13(12)9-14/h5-10H,2-4H2,1H3,(H,19,20,21). The number of carbonyl (C=O) groups is 1. The fourth-order valence-electron chi connectivity index (χ4n) is 2.91. The molecular formula is C18H16N2O2S. The van der Waals surface area contributed by atoms with Crippen molar-refractivity contribution in [2.75, 3.05) is 5.32 Å². The number of fused-ring (bicyclic) bond motifs is 1. The van der Waals surface area contributed by atoms with E-state index in [1.807, 2.05) is 12.3 Å². The third kappa shape index (κ3) is 2.80. The summed E-state index contributed by atoms with van der Waals surface area (Å²) in [6.45, 7) is 1.81. The van der Waals surface area contributed by atoms with Gasteiger partial charge in [-0.1, -0.05) is 12.1 Å². The number of thiazole rings is 1. The highest BCUT2D eigenvalue weighted by molar-refractivity contribution is 7.14. The number of furan rings is 1. The van der Waals surface area contributed by atoms with Crippen molar-refractivity contribution < 1.29 is 9.21 Å². The van der Waals surface area contributed by atoms with Crippen molar-refractivity contribution in [2.45, 2.75) is 26.2 Å². The highest BCUT2D eigenvalue weighted by Crippen LogP contribution is 2.30. The molecule has 0 fully saturated rings. The summed E-state index contributed by atoms with van der Waals surface area (Å²) in [6.07, 6.45) is 3.56. The van der Waals surface area contributed by atoms with Crippen molar-refractivity contribution in [1.82, 2.24) is 4.98 Å². The molecule has 0 aliphatic heterocycles. The lowest BCUT2D eigenvalue weighted by atomic mass is 10.1. The second kappa shape index (κ2) is 5.66. The molecule has 5 heteroatoms. The molecule has 0 saturated heterocycles. The highest BCUT2D eigenvalue weighted by Gasteiger charge is 2.15. The molecular weight excluding hydrogens is 308 g/mol. The van der Waals surface area contributed by atoms with Crippen LogP contribution in [0.1, 0.15) is 33.9 Å². The smallest absolute Gasteiger partial charge is 0.293 e. The summed E-state index contributed by atoms with van der Waals surface area (Å²) in [5.41, 5.74) is 4.88. The van der Waals surface area contributed by atoms with Gasteiger partial charge in [0.1, 0.15) is 5.76 Å². The largest absolute Gasteiger partial charge is 0.456 e. The number of nitrogens with one attached hydrogen (secondary N) is 1. The Kier molecular flexibility index (Phi) is 3.50. The van der Waals surface area contributed by atoms with E-state index in [2.05, 4.69) is 28.5 Å². The Morgan fingerprint density at radius 3 is 2.91 bits per heavy atom. The Morgan fingerprint density at radius 1 is 1.22 bits per heavy atom. The van der Waals surface area contributed by atoms with E-state index in [4.69, 9.17) is 4.42 Å². The van der Waals surface area contributed by atoms with Crippen molar-refractivity contribution in [3.05, 3.63) is 58.4 Å². The molecule has 116 valence electrons. The van der Waals surface area contributed by atoms with Crippen LogP contribution in [0, 0.1) is 6.92 Å². The predicted octanol–water partition coefficient (Wildman–Crippen LogP) is 4.45. The summed E-state index contributed by atoms with van der Waals surface area (Å²) in [5, 5.41) is 5.34. The maximum absolute atomic E-state index is 12.1. The molecule has 0 spiro atoms. The molecule has 0 bridgehead atoms. The number of hydrogen-bond acceptors (Lipinski definition) is 4. The van der Waals surface area contributed by atoms with E-state index in [9.17, 15) is 4.79 Å². The Bertz CT molecular complexity index is 879. The lowest BCUT2D eigenvalue weighted by Crippen LogP contribution is -2.10. The molecule has 4 nitrogen and oxygen atoms in total. The zero-order valence-electron chi connectivity index (χ0n) is 12.8. The number of aryl methyl sites for hydroxylation is 3. The van der Waals surface area contributed by atoms with Crippen molar-refractivity contribution in [3.8, 4) is 11.3 Å². The highest BCUT2D eigenvalue weighted by atomic mass is 32.1. The molecule has 1 aliphatic rings. The minimum Gasteiger partial charge on any atom is -0.456 e. The Hall–Kier alpha value is -2.40. The van der Waals surface area contributed by atoms with E-state index >= 15 is 0 Å². The Labute approximate surface area is 138 Å². The molecule has 23 heavy (non-hydrogen) atoms. The zero-order chi connectivity index (χ0) is 15.8. The Balaban J connectivity index is 1.54. The summed E-state index contributed by atoms with van der Waals surface area (Å²) >= 11 is 1.42. The maximum Gasteiger partial charge on any atom is 0.293 e. The van der Waals surface area contributed by atoms with Crippen molar-refractivity contribution in [2.24, 2.45) is 0 Å². The van der Waals surface area contributed by atoms with E-state index in [1.54, 1.807) is 12.1 Å². The number of carbonyl (C=O) groups excluding carboxylic acids is 1. The fraction of sp³-hybridized carbons (Fsp3) is 0.222. The molecule has 3 aromatic rings. The van der Waals surface area contributed by atoms with Gasteiger partial charge in [0.05, 0.1) is 5.69 Å². The number of rotatable bonds is 3. The van der Waals surface area contributed by atoms with Gasteiger partial charge in [-0.25, -0.2) is 4.98 Å². The van der Waals surface area contributed by atoms with E-state index in [0.717, 1.165) is 17.7 Å². The van der Waals surface area contributed by atoms with Crippen molar-refractivity contribution >= 4 is 22.4 Å². The molecule has 4 rings (SSSR count). The van der Waals surface area contributed by atoms with E-state index in [1.165, 1.54) is 35.3 Å². The van der Waals surface area contributed by atoms with Crippen LogP contribution < -0.4 is 5.32 Å². The number of nitrogens with zero attached hydrogens (tertiary/aromatic N) is 1. The van der Waals surface area contributed by atoms with Crippen LogP contribution in [0.5, 0.6) is 0 Å². The second-order valence-electron chi connectivity index (χ2n) is 5.74. The number of benzene rings is 1. The Morgan fingerprint density at radius 2 is 2.09 bits per heavy atom. The molecule has 0 radical (unpaired) electrons. The number of hydrogen-bond donors (Lipinski definition) is 1. The SMILES string of the molecule is Cc1ccc(C(=O)Nc2nc(-c3ccc4c(c3)CCC4)cs2)o1. The van der Waals surface area contributed by atoms with E-state index in [-0.39, 0.29) is 5.91 Å². The first-order chi connectivity index (χ1) is 11.2. The van der Waals surface area contributed by atoms with Gasteiger partial charge >= 0.3 is 0 Å². The van der Waals surface area contributed by atoms with Crippen LogP contribution in [-0.2, 0) is 12.8 Å². The van der Waals surface area contributed by atoms with Crippen LogP contribution in [0.3, 0.4) is 0 Å². The fourth-order valence-corrected chi connectivity index (χ4v) is 3.62. The van der Waals surface area contributed by atoms with Gasteiger partial charge in [-0.3, -0.25) is 10.1 Å². The number of aromatic nitrogens is 1. The van der Waals surface area contributed by atoms with Gasteiger partial charge in [-0.05, 0) is 55.5 Å². The normalized spacial score (nSPS) is 13.1. The summed E-state index contributed by atoms with van der Waals surface area (Å²) in [7, 11) is 0. The van der Waals surface area contributed by atoms with Crippen LogP contribution in [0.15, 0.2) is 40.1 Å².